The van der Waals surface area contributed by atoms with Gasteiger partial charge in [0.15, 0.2) is 0 Å². The average Bonchev–Trinajstić information content (AvgIpc) is 3.40. The number of hydrogen-bond acceptors (Lipinski definition) is 6. The van der Waals surface area contributed by atoms with Crippen LogP contribution in [0.2, 0.25) is 0 Å². The van der Waals surface area contributed by atoms with Crippen molar-refractivity contribution >= 4 is 19.7 Å². The Labute approximate surface area is 481 Å². The molecule has 2 N–H and O–H groups in total. The molecule has 0 aromatic rings. The minimum atomic E-state index is -4.46. The molecule has 0 rings (SSSR count). The number of rotatable bonds is 57. The van der Waals surface area contributed by atoms with E-state index >= 15 is 0 Å². The van der Waals surface area contributed by atoms with Gasteiger partial charge in [-0.25, -0.2) is 4.57 Å². The number of nitrogens with one attached hydrogen (secondary N) is 1. The Morgan fingerprint density at radius 1 is 0.449 bits per heavy atom. The largest absolute Gasteiger partial charge is 0.472 e. The molecular weight excluding hydrogens is 988 g/mol. The number of likely N-dealkylation sites (N-methyl/N-ethyl adjacent to an activating group) is 1. The van der Waals surface area contributed by atoms with Crippen molar-refractivity contribution in [1.82, 2.24) is 5.32 Å². The zero-order valence-electron chi connectivity index (χ0n) is 51.4. The molecule has 0 aliphatic rings. The van der Waals surface area contributed by atoms with Gasteiger partial charge in [0.2, 0.25) is 5.91 Å². The molecule has 3 unspecified atom stereocenters. The summed E-state index contributed by atoms with van der Waals surface area (Å²) in [7, 11) is 1.46. The van der Waals surface area contributed by atoms with Gasteiger partial charge < -0.3 is 19.4 Å². The van der Waals surface area contributed by atoms with Gasteiger partial charge in [-0.05, 0) is 115 Å². The number of nitrogens with zero attached hydrogens (tertiary/aromatic N) is 1. The van der Waals surface area contributed by atoms with Crippen molar-refractivity contribution in [2.75, 3.05) is 40.9 Å². The van der Waals surface area contributed by atoms with Crippen LogP contribution in [0.1, 0.15) is 271 Å². The van der Waals surface area contributed by atoms with E-state index in [-0.39, 0.29) is 31.5 Å². The number of phosphoric acid groups is 1. The van der Waals surface area contributed by atoms with Gasteiger partial charge in [0.25, 0.3) is 0 Å². The minimum Gasteiger partial charge on any atom is -0.456 e. The van der Waals surface area contributed by atoms with Gasteiger partial charge >= 0.3 is 13.8 Å². The third-order valence-corrected chi connectivity index (χ3v) is 14.7. The Balaban J connectivity index is 5.30. The number of amides is 1. The summed E-state index contributed by atoms with van der Waals surface area (Å²) in [6.07, 6.45) is 76.8. The molecule has 0 aromatic carbocycles. The van der Waals surface area contributed by atoms with E-state index in [1.165, 1.54) is 116 Å². The molecule has 78 heavy (non-hydrogen) atoms. The highest BCUT2D eigenvalue weighted by Crippen LogP contribution is 2.43. The van der Waals surface area contributed by atoms with E-state index in [2.05, 4.69) is 111 Å². The van der Waals surface area contributed by atoms with Gasteiger partial charge in [-0.3, -0.25) is 18.6 Å². The van der Waals surface area contributed by atoms with Crippen LogP contribution in [0.25, 0.3) is 0 Å². The molecule has 0 saturated heterocycles. The number of esters is 1. The average molecular weight is 1110 g/mol. The summed E-state index contributed by atoms with van der Waals surface area (Å²) < 4.78 is 30.7. The Bertz CT molecular complexity index is 1660. The summed E-state index contributed by atoms with van der Waals surface area (Å²) in [4.78, 5) is 37.8. The maximum atomic E-state index is 13.6. The summed E-state index contributed by atoms with van der Waals surface area (Å²) in [5, 5.41) is 3.05. The molecule has 0 bridgehead atoms. The SMILES string of the molecule is CCCCC/C=C\C/C=C\C/C=C\C/C=C\CCCCCCCC(=O)NC(COP(=O)(O)OCC[N+](C)(C)C)C(/C=C/CCCCCCCCCCCC)OC(=O)CCCCCCCC/C=C\C/C=C\C/C=C\CCCCC. The van der Waals surface area contributed by atoms with Crippen molar-refractivity contribution in [3.8, 4) is 0 Å². The maximum absolute atomic E-state index is 13.6. The molecular formula is C68H122N2O7P+. The van der Waals surface area contributed by atoms with Crippen LogP contribution >= 0.6 is 7.82 Å². The Morgan fingerprint density at radius 2 is 0.782 bits per heavy atom. The van der Waals surface area contributed by atoms with Crippen molar-refractivity contribution in [2.24, 2.45) is 0 Å². The fraction of sp³-hybridized carbons (Fsp3) is 0.735. The van der Waals surface area contributed by atoms with Gasteiger partial charge in [0, 0.05) is 12.8 Å². The Kier molecular flexibility index (Phi) is 54.9. The van der Waals surface area contributed by atoms with Crippen LogP contribution < -0.4 is 5.32 Å². The molecule has 9 nitrogen and oxygen atoms in total. The molecule has 0 aliphatic carbocycles. The van der Waals surface area contributed by atoms with Gasteiger partial charge in [-0.2, -0.15) is 0 Å². The molecule has 0 aromatic heterocycles. The summed E-state index contributed by atoms with van der Waals surface area (Å²) >= 11 is 0. The second-order valence-electron chi connectivity index (χ2n) is 22.6. The molecule has 0 radical (unpaired) electrons. The third kappa shape index (κ3) is 57.6. The quantitative estimate of drug-likeness (QED) is 0.0205. The summed E-state index contributed by atoms with van der Waals surface area (Å²) in [5.74, 6) is -0.543. The van der Waals surface area contributed by atoms with Gasteiger partial charge in [0.1, 0.15) is 19.3 Å². The lowest BCUT2D eigenvalue weighted by molar-refractivity contribution is -0.870. The standard InChI is InChI=1S/C68H121N2O7P/c1-7-10-13-16-19-22-25-28-30-32-34-35-37-38-40-42-45-48-51-54-57-60-67(71)69-65(64-76-78(73,74)75-63-62-70(4,5)6)66(59-56-53-50-47-44-27-24-21-18-15-12-9-3)77-68(72)61-58-55-52-49-46-43-41-39-36-33-31-29-26-23-20-17-14-11-8-2/h19-20,22-23,28-31,34-36,38-40,56,59,65-66H,7-18,21,24-27,32-33,37,41-55,57-58,60-64H2,1-6H3,(H-,69,71,73,74)/p+1/b22-19-,23-20-,30-28-,31-29-,35-34-,39-36-,40-38-,59-56+. The first-order valence-electron chi connectivity index (χ1n) is 32.1. The second kappa shape index (κ2) is 57.2. The predicted molar refractivity (Wildman–Crippen MR) is 337 cm³/mol. The Hall–Kier alpha value is -3.07. The first-order valence-corrected chi connectivity index (χ1v) is 33.6. The molecule has 0 spiro atoms. The number of phosphoric ester groups is 1. The number of quaternary nitrogens is 1. The molecule has 10 heteroatoms. The van der Waals surface area contributed by atoms with E-state index in [1.807, 2.05) is 33.3 Å². The fourth-order valence-corrected chi connectivity index (χ4v) is 9.49. The summed E-state index contributed by atoms with van der Waals surface area (Å²) in [5.41, 5.74) is 0. The zero-order chi connectivity index (χ0) is 57.2. The van der Waals surface area contributed by atoms with Crippen molar-refractivity contribution in [3.63, 3.8) is 0 Å². The molecule has 0 aliphatic heterocycles. The molecule has 450 valence electrons. The van der Waals surface area contributed by atoms with Crippen molar-refractivity contribution in [1.29, 1.82) is 0 Å². The summed E-state index contributed by atoms with van der Waals surface area (Å²) in [6, 6.07) is -0.870. The van der Waals surface area contributed by atoms with E-state index in [0.29, 0.717) is 17.4 Å². The van der Waals surface area contributed by atoms with Crippen LogP contribution in [0.3, 0.4) is 0 Å². The maximum Gasteiger partial charge on any atom is 0.472 e. The molecule has 0 saturated carbocycles. The van der Waals surface area contributed by atoms with Gasteiger partial charge in [0.05, 0.1) is 33.8 Å². The number of carbonyl (C=O) groups is 2. The zero-order valence-corrected chi connectivity index (χ0v) is 52.3. The van der Waals surface area contributed by atoms with E-state index in [1.54, 1.807) is 0 Å². The molecule has 0 fully saturated rings. The fourth-order valence-electron chi connectivity index (χ4n) is 8.75. The monoisotopic (exact) mass is 1110 g/mol. The topological polar surface area (TPSA) is 111 Å². The van der Waals surface area contributed by atoms with Crippen LogP contribution in [0, 0.1) is 0 Å². The highest BCUT2D eigenvalue weighted by Gasteiger charge is 2.30. The first kappa shape index (κ1) is 74.9. The number of allylic oxidation sites excluding steroid dienone is 15. The number of ether oxygens (including phenoxy) is 1. The van der Waals surface area contributed by atoms with Crippen LogP contribution in [0.15, 0.2) is 97.2 Å². The second-order valence-corrected chi connectivity index (χ2v) is 24.0. The van der Waals surface area contributed by atoms with Crippen LogP contribution in [-0.2, 0) is 27.9 Å². The lowest BCUT2D eigenvalue weighted by Crippen LogP contribution is -2.47. The molecule has 3 atom stereocenters. The molecule has 0 heterocycles. The highest BCUT2D eigenvalue weighted by atomic mass is 31.2. The van der Waals surface area contributed by atoms with Crippen molar-refractivity contribution < 1.29 is 37.3 Å². The third-order valence-electron chi connectivity index (χ3n) is 13.7. The van der Waals surface area contributed by atoms with Crippen LogP contribution in [0.5, 0.6) is 0 Å². The van der Waals surface area contributed by atoms with Gasteiger partial charge in [-0.1, -0.05) is 240 Å². The van der Waals surface area contributed by atoms with E-state index in [4.69, 9.17) is 13.8 Å². The summed E-state index contributed by atoms with van der Waals surface area (Å²) in [6.45, 7) is 6.93. The van der Waals surface area contributed by atoms with Crippen molar-refractivity contribution in [2.45, 2.75) is 283 Å². The lowest BCUT2D eigenvalue weighted by atomic mass is 10.0. The van der Waals surface area contributed by atoms with Crippen LogP contribution in [0.4, 0.5) is 0 Å². The molecule has 1 amide bonds. The smallest absolute Gasteiger partial charge is 0.456 e. The number of carbonyl (C=O) groups excluding carboxylic acids is 2. The van der Waals surface area contributed by atoms with E-state index < -0.39 is 20.0 Å². The normalized spacial score (nSPS) is 14.3. The van der Waals surface area contributed by atoms with E-state index in [9.17, 15) is 19.0 Å². The number of hydrogen-bond donors (Lipinski definition) is 2. The van der Waals surface area contributed by atoms with Crippen molar-refractivity contribution in [3.05, 3.63) is 97.2 Å². The van der Waals surface area contributed by atoms with Gasteiger partial charge in [-0.15, -0.1) is 0 Å². The number of unbranched alkanes of at least 4 members (excludes halogenated alkanes) is 27. The van der Waals surface area contributed by atoms with E-state index in [0.717, 1.165) is 122 Å². The van der Waals surface area contributed by atoms with Crippen LogP contribution in [-0.4, -0.2) is 74.3 Å². The Morgan fingerprint density at radius 3 is 1.19 bits per heavy atom. The first-order chi connectivity index (χ1) is 37.9. The predicted octanol–water partition coefficient (Wildman–Crippen LogP) is 19.9. The lowest BCUT2D eigenvalue weighted by Gasteiger charge is -2.27. The highest BCUT2D eigenvalue weighted by molar-refractivity contribution is 7.47. The minimum absolute atomic E-state index is 0.0294.